The first kappa shape index (κ1) is 9.40. The first-order valence-electron chi connectivity index (χ1n) is 5.25. The fourth-order valence-corrected chi connectivity index (χ4v) is 3.44. The summed E-state index contributed by atoms with van der Waals surface area (Å²) in [5.41, 5.74) is 8.77. The fourth-order valence-electron chi connectivity index (χ4n) is 2.82. The second-order valence-corrected chi connectivity index (χ2v) is 5.42. The molecule has 2 aliphatic rings. The van der Waals surface area contributed by atoms with E-state index in [0.717, 1.165) is 35.0 Å². The zero-order chi connectivity index (χ0) is 10.6. The number of carbonyl (C=O) groups excluding carboxylic acids is 1. The van der Waals surface area contributed by atoms with Crippen LogP contribution in [0.2, 0.25) is 0 Å². The molecule has 0 saturated heterocycles. The summed E-state index contributed by atoms with van der Waals surface area (Å²) in [6.07, 6.45) is 3.76. The highest BCUT2D eigenvalue weighted by atomic mass is 79.9. The number of halogens is 1. The molecule has 78 valence electrons. The highest BCUT2D eigenvalue weighted by Gasteiger charge is 2.50. The average Bonchev–Trinajstić information content (AvgIpc) is 2.37. The molecule has 0 bridgehead atoms. The van der Waals surface area contributed by atoms with Gasteiger partial charge >= 0.3 is 0 Å². The molecule has 0 amide bonds. The molecule has 3 heteroatoms. The van der Waals surface area contributed by atoms with Crippen molar-refractivity contribution < 1.29 is 4.79 Å². The van der Waals surface area contributed by atoms with Crippen molar-refractivity contribution in [2.45, 2.75) is 31.1 Å². The van der Waals surface area contributed by atoms with Gasteiger partial charge in [-0.1, -0.05) is 22.4 Å². The third-order valence-corrected chi connectivity index (χ3v) is 4.52. The van der Waals surface area contributed by atoms with E-state index in [1.54, 1.807) is 0 Å². The van der Waals surface area contributed by atoms with Crippen LogP contribution in [0.4, 0.5) is 5.69 Å². The Morgan fingerprint density at radius 1 is 1.33 bits per heavy atom. The van der Waals surface area contributed by atoms with Crippen molar-refractivity contribution in [2.24, 2.45) is 0 Å². The second-order valence-electron chi connectivity index (χ2n) is 4.56. The van der Waals surface area contributed by atoms with E-state index in [4.69, 9.17) is 5.73 Å². The Hall–Kier alpha value is -0.830. The number of nitrogen functional groups attached to an aromatic ring is 1. The zero-order valence-electron chi connectivity index (χ0n) is 8.35. The van der Waals surface area contributed by atoms with E-state index in [1.807, 2.05) is 12.1 Å². The smallest absolute Gasteiger partial charge is 0.147 e. The summed E-state index contributed by atoms with van der Waals surface area (Å²) in [6.45, 7) is 0. The average molecular weight is 266 g/mol. The Kier molecular flexibility index (Phi) is 1.78. The predicted molar refractivity (Wildman–Crippen MR) is 62.8 cm³/mol. The van der Waals surface area contributed by atoms with Crippen LogP contribution in [-0.2, 0) is 16.6 Å². The minimum absolute atomic E-state index is 0.159. The molecular formula is C12H12BrNO. The van der Waals surface area contributed by atoms with Crippen molar-refractivity contribution in [1.29, 1.82) is 0 Å². The molecule has 2 nitrogen and oxygen atoms in total. The molecule has 1 saturated carbocycles. The third-order valence-electron chi connectivity index (χ3n) is 3.81. The summed E-state index contributed by atoms with van der Waals surface area (Å²) in [7, 11) is 0. The van der Waals surface area contributed by atoms with Crippen molar-refractivity contribution in [2.75, 3.05) is 5.73 Å². The van der Waals surface area contributed by atoms with Crippen LogP contribution in [0.25, 0.3) is 0 Å². The molecule has 0 radical (unpaired) electrons. The lowest BCUT2D eigenvalue weighted by atomic mass is 9.64. The standard InChI is InChI=1S/C12H12BrNO/c13-10-5-7(14)4-9-8(10)6-11(15)12(9)2-1-3-12/h4-5H,1-3,6,14H2. The predicted octanol–water partition coefficient (Wildman–Crippen LogP) is 2.58. The van der Waals surface area contributed by atoms with E-state index in [1.165, 1.54) is 5.56 Å². The van der Waals surface area contributed by atoms with Gasteiger partial charge in [-0.15, -0.1) is 0 Å². The Balaban J connectivity index is 2.24. The van der Waals surface area contributed by atoms with Crippen molar-refractivity contribution >= 4 is 27.4 Å². The fraction of sp³-hybridized carbons (Fsp3) is 0.417. The number of anilines is 1. The van der Waals surface area contributed by atoms with Gasteiger partial charge in [-0.25, -0.2) is 0 Å². The van der Waals surface area contributed by atoms with Crippen LogP contribution < -0.4 is 5.73 Å². The molecule has 0 aromatic heterocycles. The SMILES string of the molecule is Nc1cc(Br)c2c(c1)C1(CCC1)C(=O)C2. The maximum Gasteiger partial charge on any atom is 0.147 e. The summed E-state index contributed by atoms with van der Waals surface area (Å²) in [4.78, 5) is 12.0. The molecule has 1 aromatic carbocycles. The molecule has 0 atom stereocenters. The van der Waals surface area contributed by atoms with E-state index in [-0.39, 0.29) is 5.41 Å². The lowest BCUT2D eigenvalue weighted by Crippen LogP contribution is -2.39. The summed E-state index contributed by atoms with van der Waals surface area (Å²) in [6, 6.07) is 3.88. The lowest BCUT2D eigenvalue weighted by molar-refractivity contribution is -0.125. The van der Waals surface area contributed by atoms with Crippen molar-refractivity contribution in [1.82, 2.24) is 0 Å². The van der Waals surface area contributed by atoms with Gasteiger partial charge in [0.2, 0.25) is 0 Å². The Morgan fingerprint density at radius 2 is 2.07 bits per heavy atom. The van der Waals surface area contributed by atoms with Crippen LogP contribution in [0, 0.1) is 0 Å². The van der Waals surface area contributed by atoms with Crippen LogP contribution in [0.15, 0.2) is 16.6 Å². The Labute approximate surface area is 97.0 Å². The summed E-state index contributed by atoms with van der Waals surface area (Å²) < 4.78 is 0.995. The summed E-state index contributed by atoms with van der Waals surface area (Å²) in [5, 5.41) is 0. The van der Waals surface area contributed by atoms with Crippen LogP contribution in [0.3, 0.4) is 0 Å². The number of Topliss-reactive ketones (excluding diaryl/α,β-unsaturated/α-hetero) is 1. The Morgan fingerprint density at radius 3 is 2.67 bits per heavy atom. The van der Waals surface area contributed by atoms with Gasteiger partial charge in [0.15, 0.2) is 0 Å². The molecule has 1 spiro atoms. The maximum atomic E-state index is 12.0. The number of rotatable bonds is 0. The van der Waals surface area contributed by atoms with E-state index in [9.17, 15) is 4.79 Å². The Bertz CT molecular complexity index is 463. The van der Waals surface area contributed by atoms with Crippen molar-refractivity contribution in [3.63, 3.8) is 0 Å². The van der Waals surface area contributed by atoms with Gasteiger partial charge in [-0.3, -0.25) is 4.79 Å². The molecule has 2 aliphatic carbocycles. The van der Waals surface area contributed by atoms with Crippen molar-refractivity contribution in [3.05, 3.63) is 27.7 Å². The third kappa shape index (κ3) is 1.07. The number of hydrogen-bond donors (Lipinski definition) is 1. The van der Waals surface area contributed by atoms with Crippen LogP contribution >= 0.6 is 15.9 Å². The van der Waals surface area contributed by atoms with Gasteiger partial charge in [0.05, 0.1) is 5.41 Å². The summed E-state index contributed by atoms with van der Waals surface area (Å²) in [5.74, 6) is 0.384. The highest BCUT2D eigenvalue weighted by molar-refractivity contribution is 9.10. The molecule has 15 heavy (non-hydrogen) atoms. The molecule has 0 aliphatic heterocycles. The minimum atomic E-state index is -0.159. The topological polar surface area (TPSA) is 43.1 Å². The summed E-state index contributed by atoms with van der Waals surface area (Å²) >= 11 is 3.50. The van der Waals surface area contributed by atoms with E-state index >= 15 is 0 Å². The highest BCUT2D eigenvalue weighted by Crippen LogP contribution is 2.52. The monoisotopic (exact) mass is 265 g/mol. The van der Waals surface area contributed by atoms with E-state index in [2.05, 4.69) is 15.9 Å². The zero-order valence-corrected chi connectivity index (χ0v) is 9.93. The quantitative estimate of drug-likeness (QED) is 0.733. The van der Waals surface area contributed by atoms with Crippen LogP contribution in [0.5, 0.6) is 0 Å². The molecule has 1 fully saturated rings. The molecular weight excluding hydrogens is 254 g/mol. The van der Waals surface area contributed by atoms with Gasteiger partial charge in [-0.05, 0) is 36.1 Å². The maximum absolute atomic E-state index is 12.0. The van der Waals surface area contributed by atoms with Gasteiger partial charge in [0, 0.05) is 16.6 Å². The first-order valence-corrected chi connectivity index (χ1v) is 6.04. The molecule has 0 heterocycles. The molecule has 3 rings (SSSR count). The van der Waals surface area contributed by atoms with Crippen molar-refractivity contribution in [3.8, 4) is 0 Å². The van der Waals surface area contributed by atoms with Gasteiger partial charge < -0.3 is 5.73 Å². The number of hydrogen-bond acceptors (Lipinski definition) is 2. The van der Waals surface area contributed by atoms with Gasteiger partial charge in [0.1, 0.15) is 5.78 Å². The van der Waals surface area contributed by atoms with Gasteiger partial charge in [0.25, 0.3) is 0 Å². The molecule has 0 unspecified atom stereocenters. The number of nitrogens with two attached hydrogens (primary N) is 1. The first-order chi connectivity index (χ1) is 7.13. The minimum Gasteiger partial charge on any atom is -0.399 e. The number of ketones is 1. The van der Waals surface area contributed by atoms with Crippen LogP contribution in [-0.4, -0.2) is 5.78 Å². The largest absolute Gasteiger partial charge is 0.399 e. The molecule has 2 N–H and O–H groups in total. The lowest BCUT2D eigenvalue weighted by Gasteiger charge is -2.37. The second kappa shape index (κ2) is 2.85. The molecule has 1 aromatic rings. The van der Waals surface area contributed by atoms with E-state index in [0.29, 0.717) is 12.2 Å². The van der Waals surface area contributed by atoms with Crippen LogP contribution in [0.1, 0.15) is 30.4 Å². The normalized spacial score (nSPS) is 21.5. The number of benzene rings is 1. The van der Waals surface area contributed by atoms with Gasteiger partial charge in [-0.2, -0.15) is 0 Å². The number of carbonyl (C=O) groups is 1. The number of fused-ring (bicyclic) bond motifs is 2. The van der Waals surface area contributed by atoms with E-state index < -0.39 is 0 Å².